The Morgan fingerprint density at radius 2 is 2.00 bits per heavy atom. The molecule has 80 valence electrons. The van der Waals surface area contributed by atoms with E-state index in [4.69, 9.17) is 22.9 Å². The first-order chi connectivity index (χ1) is 6.54. The third-order valence-electron chi connectivity index (χ3n) is 1.07. The van der Waals surface area contributed by atoms with E-state index in [0.29, 0.717) is 19.8 Å². The van der Waals surface area contributed by atoms with Gasteiger partial charge in [-0.1, -0.05) is 0 Å². The van der Waals surface area contributed by atoms with E-state index in [1.54, 1.807) is 7.11 Å². The molecule has 0 saturated heterocycles. The molecular formula is C8H16O5Zn. The molecule has 0 N–H and O–H groups in total. The van der Waals surface area contributed by atoms with Gasteiger partial charge in [-0.25, -0.2) is 0 Å². The molecule has 0 heterocycles. The van der Waals surface area contributed by atoms with Gasteiger partial charge in [0, 0.05) is 5.97 Å². The van der Waals surface area contributed by atoms with Crippen molar-refractivity contribution in [3.63, 3.8) is 0 Å². The van der Waals surface area contributed by atoms with Gasteiger partial charge in [-0.15, -0.1) is 0 Å². The number of hydrogen-bond donors (Lipinski definition) is 0. The second-order valence-electron chi connectivity index (χ2n) is 2.54. The van der Waals surface area contributed by atoms with Crippen molar-refractivity contribution in [1.29, 1.82) is 0 Å². The topological polar surface area (TPSA) is 67.8 Å². The fraction of sp³-hybridized carbons (Fsp3) is 0.875. The Hall–Kier alpha value is -0.0266. The molecular weight excluding hydrogens is 241 g/mol. The van der Waals surface area contributed by atoms with Gasteiger partial charge in [-0.05, 0) is 6.92 Å². The van der Waals surface area contributed by atoms with E-state index in [0.717, 1.165) is 25.6 Å². The van der Waals surface area contributed by atoms with Crippen LogP contribution in [-0.4, -0.2) is 39.0 Å². The summed E-state index contributed by atoms with van der Waals surface area (Å²) in [7, 11) is 1.66. The number of carbonyl (C=O) groups is 1. The number of rotatable bonds is 6. The van der Waals surface area contributed by atoms with Crippen molar-refractivity contribution in [1.82, 2.24) is 0 Å². The maximum atomic E-state index is 8.89. The van der Waals surface area contributed by atoms with Gasteiger partial charge >= 0.3 is 71.7 Å². The number of hydrogen-bond acceptors (Lipinski definition) is 5. The van der Waals surface area contributed by atoms with Crippen LogP contribution in [0.25, 0.3) is 0 Å². The van der Waals surface area contributed by atoms with Gasteiger partial charge in [-0.3, -0.25) is 0 Å². The van der Waals surface area contributed by atoms with E-state index in [2.05, 4.69) is 0 Å². The van der Waals surface area contributed by atoms with E-state index < -0.39 is 5.97 Å². The number of ether oxygens (including phenoxy) is 2. The average molecular weight is 258 g/mol. The third kappa shape index (κ3) is 22.7. The monoisotopic (exact) mass is 256 g/mol. The van der Waals surface area contributed by atoms with Gasteiger partial charge < -0.3 is 9.90 Å². The van der Waals surface area contributed by atoms with E-state index in [1.165, 1.54) is 0 Å². The van der Waals surface area contributed by atoms with Crippen molar-refractivity contribution >= 4 is 5.97 Å². The molecule has 0 aromatic rings. The first-order valence-corrected chi connectivity index (χ1v) is 5.40. The minimum atomic E-state index is -1.08. The van der Waals surface area contributed by atoms with Crippen LogP contribution in [0.3, 0.4) is 0 Å². The first-order valence-electron chi connectivity index (χ1n) is 4.19. The molecule has 1 atom stereocenters. The van der Waals surface area contributed by atoms with Gasteiger partial charge in [0.05, 0.1) is 0 Å². The molecule has 6 heteroatoms. The van der Waals surface area contributed by atoms with Crippen LogP contribution >= 0.6 is 0 Å². The second-order valence-corrected chi connectivity index (χ2v) is 3.24. The van der Waals surface area contributed by atoms with E-state index >= 15 is 0 Å². The molecule has 0 aliphatic heterocycles. The summed E-state index contributed by atoms with van der Waals surface area (Å²) in [6, 6.07) is 0. The third-order valence-corrected chi connectivity index (χ3v) is 2.26. The molecule has 0 rings (SSSR count). The number of methoxy groups -OCH3 is 1. The Bertz CT molecular complexity index is 127. The molecule has 5 nitrogen and oxygen atoms in total. The number of aliphatic carboxylic acids is 1. The zero-order valence-corrected chi connectivity index (χ0v) is 11.9. The summed E-state index contributed by atoms with van der Waals surface area (Å²) in [6.07, 6.45) is 0.233. The van der Waals surface area contributed by atoms with Crippen LogP contribution in [0.2, 0.25) is 0 Å². The summed E-state index contributed by atoms with van der Waals surface area (Å²) in [6.45, 7) is 4.95. The van der Waals surface area contributed by atoms with Gasteiger partial charge in [0.1, 0.15) is 0 Å². The van der Waals surface area contributed by atoms with Crippen molar-refractivity contribution < 1.29 is 41.6 Å². The van der Waals surface area contributed by atoms with Crippen molar-refractivity contribution in [2.24, 2.45) is 0 Å². The molecule has 1 unspecified atom stereocenters. The predicted molar refractivity (Wildman–Crippen MR) is 43.9 cm³/mol. The zero-order chi connectivity index (χ0) is 11.4. The molecule has 0 amide bonds. The van der Waals surface area contributed by atoms with Crippen LogP contribution in [0.4, 0.5) is 0 Å². The molecule has 0 saturated carbocycles. The molecule has 14 heavy (non-hydrogen) atoms. The molecule has 0 aromatic heterocycles. The summed E-state index contributed by atoms with van der Waals surface area (Å²) in [5.74, 6) is -1.08. The molecule has 0 spiro atoms. The number of carboxylic acid groups (broad SMARTS) is 1. The molecule has 0 aromatic carbocycles. The zero-order valence-electron chi connectivity index (χ0n) is 8.95. The SMILES string of the molecule is CC(=O)[O-].COCCOCC(C)[O][Zn+]. The second kappa shape index (κ2) is 13.0. The van der Waals surface area contributed by atoms with Crippen molar-refractivity contribution in [2.45, 2.75) is 20.0 Å². The molecule has 0 fully saturated rings. The van der Waals surface area contributed by atoms with Crippen LogP contribution in [-0.2, 0) is 36.5 Å². The van der Waals surface area contributed by atoms with Crippen LogP contribution in [0, 0.1) is 0 Å². The average Bonchev–Trinajstić information content (AvgIpc) is 2.11. The first kappa shape index (κ1) is 16.4. The Labute approximate surface area is 94.8 Å². The molecule has 0 aliphatic carbocycles. The summed E-state index contributed by atoms with van der Waals surface area (Å²) < 4.78 is 15.1. The summed E-state index contributed by atoms with van der Waals surface area (Å²) >= 11 is 0.870. The molecule has 0 radical (unpaired) electrons. The quantitative estimate of drug-likeness (QED) is 0.464. The molecule has 0 bridgehead atoms. The Kier molecular flexibility index (Phi) is 15.2. The molecule has 0 aliphatic rings. The standard InChI is InChI=1S/C6H13O3.C2H4O2.Zn/c1-6(7)5-9-4-3-8-2;1-2(3)4;/h6H,3-5H2,1-2H3;1H3,(H,3,4);/q-1;;+2/p-1. The summed E-state index contributed by atoms with van der Waals surface area (Å²) in [5.41, 5.74) is 0. The normalized spacial score (nSPS) is 11.5. The van der Waals surface area contributed by atoms with Crippen molar-refractivity contribution in [2.75, 3.05) is 26.9 Å². The summed E-state index contributed by atoms with van der Waals surface area (Å²) in [4.78, 5) is 8.89. The summed E-state index contributed by atoms with van der Waals surface area (Å²) in [5, 5.41) is 8.89. The van der Waals surface area contributed by atoms with Gasteiger partial charge in [0.2, 0.25) is 0 Å². The van der Waals surface area contributed by atoms with Crippen LogP contribution < -0.4 is 5.11 Å². The van der Waals surface area contributed by atoms with Crippen LogP contribution in [0.1, 0.15) is 13.8 Å². The Balaban J connectivity index is 0. The minimum absolute atomic E-state index is 0.233. The fourth-order valence-electron chi connectivity index (χ4n) is 0.440. The predicted octanol–water partition coefficient (Wildman–Crippen LogP) is -0.727. The Morgan fingerprint density at radius 1 is 1.50 bits per heavy atom. The fourth-order valence-corrected chi connectivity index (χ4v) is 0.642. The van der Waals surface area contributed by atoms with E-state index in [-0.39, 0.29) is 6.10 Å². The van der Waals surface area contributed by atoms with Gasteiger partial charge in [0.15, 0.2) is 0 Å². The van der Waals surface area contributed by atoms with Gasteiger partial charge in [-0.2, -0.15) is 0 Å². The van der Waals surface area contributed by atoms with E-state index in [1.807, 2.05) is 6.92 Å². The van der Waals surface area contributed by atoms with Crippen molar-refractivity contribution in [3.05, 3.63) is 0 Å². The van der Waals surface area contributed by atoms with Crippen LogP contribution in [0.15, 0.2) is 0 Å². The van der Waals surface area contributed by atoms with Gasteiger partial charge in [0.25, 0.3) is 0 Å². The number of carboxylic acids is 1. The number of carbonyl (C=O) groups excluding carboxylic acids is 1. The van der Waals surface area contributed by atoms with Crippen molar-refractivity contribution in [3.8, 4) is 0 Å². The maximum absolute atomic E-state index is 8.89. The Morgan fingerprint density at radius 3 is 2.36 bits per heavy atom. The van der Waals surface area contributed by atoms with Crippen LogP contribution in [0.5, 0.6) is 0 Å². The van der Waals surface area contributed by atoms with E-state index in [9.17, 15) is 0 Å².